The van der Waals surface area contributed by atoms with Gasteiger partial charge in [-0.15, -0.1) is 0 Å². The second-order valence-corrected chi connectivity index (χ2v) is 12.0. The molecule has 5 rings (SSSR count). The number of benzene rings is 3. The molecule has 10 heteroatoms. The van der Waals surface area contributed by atoms with E-state index in [4.69, 9.17) is 11.6 Å². The Bertz CT molecular complexity index is 1690. The molecule has 1 unspecified atom stereocenters. The maximum atomic E-state index is 15.0. The standard InChI is InChI=1S/C30H27ClFIN4O3/c1-4-27(39)35-12-13-36(17(2)16-35)29-21-14-22(31)20(28-23(32)9-7-11-26(28)38)15-25(21)37(30(40)34-29)24-10-6-5-8-19(24)18(3)33/h4-11,14-15,17-18,38H,1,12-13,16H2,2-3H3/t17-,18?/m0/s1. The van der Waals surface area contributed by atoms with Crippen LogP contribution < -0.4 is 10.6 Å². The summed E-state index contributed by atoms with van der Waals surface area (Å²) in [7, 11) is 0. The number of piperazine rings is 1. The van der Waals surface area contributed by atoms with Crippen molar-refractivity contribution in [2.45, 2.75) is 23.8 Å². The fourth-order valence-electron chi connectivity index (χ4n) is 5.28. The number of rotatable bonds is 5. The number of nitrogens with zero attached hydrogens (tertiary/aromatic N) is 4. The van der Waals surface area contributed by atoms with Gasteiger partial charge in [0.1, 0.15) is 17.4 Å². The SMILES string of the molecule is C=CC(=O)N1CCN(c2nc(=O)n(-c3ccccc3C(C)I)c3cc(-c4c(O)cccc4F)c(Cl)cc23)[C@@H](C)C1. The molecule has 0 spiro atoms. The molecule has 1 aliphatic rings. The highest BCUT2D eigenvalue weighted by molar-refractivity contribution is 14.1. The summed E-state index contributed by atoms with van der Waals surface area (Å²) in [6.45, 7) is 8.88. The van der Waals surface area contributed by atoms with Gasteiger partial charge in [-0.25, -0.2) is 9.18 Å². The van der Waals surface area contributed by atoms with Gasteiger partial charge in [0.15, 0.2) is 0 Å². The Labute approximate surface area is 249 Å². The summed E-state index contributed by atoms with van der Waals surface area (Å²) in [4.78, 5) is 34.3. The van der Waals surface area contributed by atoms with Gasteiger partial charge in [-0.2, -0.15) is 4.98 Å². The first kappa shape index (κ1) is 28.1. The van der Waals surface area contributed by atoms with Crippen molar-refractivity contribution in [3.8, 4) is 22.6 Å². The number of phenolic OH excluding ortho intramolecular Hbond substituents is 1. The Hall–Kier alpha value is -3.44. The average Bonchev–Trinajstić information content (AvgIpc) is 2.92. The maximum Gasteiger partial charge on any atom is 0.354 e. The van der Waals surface area contributed by atoms with E-state index in [-0.39, 0.29) is 37.8 Å². The van der Waals surface area contributed by atoms with Crippen molar-refractivity contribution in [3.05, 3.63) is 94.1 Å². The number of carbonyl (C=O) groups excluding carboxylic acids is 1. The topological polar surface area (TPSA) is 78.7 Å². The van der Waals surface area contributed by atoms with Crippen molar-refractivity contribution in [2.24, 2.45) is 0 Å². The number of hydrogen-bond acceptors (Lipinski definition) is 5. The van der Waals surface area contributed by atoms with Crippen molar-refractivity contribution in [1.82, 2.24) is 14.5 Å². The van der Waals surface area contributed by atoms with Gasteiger partial charge in [0.05, 0.1) is 16.8 Å². The molecule has 7 nitrogen and oxygen atoms in total. The smallest absolute Gasteiger partial charge is 0.354 e. The zero-order chi connectivity index (χ0) is 28.7. The molecule has 1 aromatic heterocycles. The Morgan fingerprint density at radius 2 is 1.98 bits per heavy atom. The molecule has 1 aliphatic heterocycles. The van der Waals surface area contributed by atoms with Gasteiger partial charge in [-0.3, -0.25) is 9.36 Å². The van der Waals surface area contributed by atoms with Crippen molar-refractivity contribution < 1.29 is 14.3 Å². The third-order valence-electron chi connectivity index (χ3n) is 7.21. The lowest BCUT2D eigenvalue weighted by Gasteiger charge is -2.40. The van der Waals surface area contributed by atoms with Gasteiger partial charge >= 0.3 is 5.69 Å². The number of amides is 1. The highest BCUT2D eigenvalue weighted by Crippen LogP contribution is 2.41. The third kappa shape index (κ3) is 4.96. The van der Waals surface area contributed by atoms with E-state index in [0.717, 1.165) is 5.56 Å². The number of halogens is 3. The number of phenols is 1. The van der Waals surface area contributed by atoms with Crippen molar-refractivity contribution in [1.29, 1.82) is 0 Å². The molecule has 0 aliphatic carbocycles. The molecular formula is C30H27ClFIN4O3. The summed E-state index contributed by atoms with van der Waals surface area (Å²) in [5.74, 6) is -0.619. The first-order chi connectivity index (χ1) is 19.1. The molecule has 0 radical (unpaired) electrons. The fourth-order valence-corrected chi connectivity index (χ4v) is 6.07. The highest BCUT2D eigenvalue weighted by Gasteiger charge is 2.30. The molecule has 1 N–H and O–H groups in total. The number of alkyl halides is 1. The van der Waals surface area contributed by atoms with Crippen LogP contribution in [0.25, 0.3) is 27.7 Å². The summed E-state index contributed by atoms with van der Waals surface area (Å²) in [5.41, 5.74) is 1.75. The van der Waals surface area contributed by atoms with Crippen LogP contribution in [-0.4, -0.2) is 51.1 Å². The number of aromatic nitrogens is 2. The van der Waals surface area contributed by atoms with E-state index in [2.05, 4.69) is 34.2 Å². The zero-order valence-corrected chi connectivity index (χ0v) is 24.9. The minimum absolute atomic E-state index is 0.0489. The predicted octanol–water partition coefficient (Wildman–Crippen LogP) is 6.27. The number of anilines is 1. The van der Waals surface area contributed by atoms with E-state index < -0.39 is 11.5 Å². The quantitative estimate of drug-likeness (QED) is 0.154. The summed E-state index contributed by atoms with van der Waals surface area (Å²) >= 11 is 9.05. The van der Waals surface area contributed by atoms with E-state index in [0.29, 0.717) is 42.0 Å². The van der Waals surface area contributed by atoms with Crippen LogP contribution in [0.2, 0.25) is 5.02 Å². The van der Waals surface area contributed by atoms with Crippen LogP contribution >= 0.6 is 34.2 Å². The molecule has 4 aromatic rings. The van der Waals surface area contributed by atoms with Crippen LogP contribution in [0.3, 0.4) is 0 Å². The molecular weight excluding hydrogens is 646 g/mol. The number of hydrogen-bond donors (Lipinski definition) is 1. The molecule has 1 saturated heterocycles. The Kier molecular flexibility index (Phi) is 7.87. The minimum atomic E-state index is -0.637. The number of fused-ring (bicyclic) bond motifs is 1. The lowest BCUT2D eigenvalue weighted by Crippen LogP contribution is -2.54. The van der Waals surface area contributed by atoms with Crippen molar-refractivity contribution in [2.75, 3.05) is 24.5 Å². The van der Waals surface area contributed by atoms with E-state index in [9.17, 15) is 19.1 Å². The number of aromatic hydroxyl groups is 1. The second-order valence-electron chi connectivity index (χ2n) is 9.74. The second kappa shape index (κ2) is 11.2. The first-order valence-electron chi connectivity index (χ1n) is 12.8. The van der Waals surface area contributed by atoms with E-state index in [1.807, 2.05) is 43.0 Å². The minimum Gasteiger partial charge on any atom is -0.507 e. The van der Waals surface area contributed by atoms with Gasteiger partial charge in [0, 0.05) is 45.6 Å². The third-order valence-corrected chi connectivity index (χ3v) is 8.20. The predicted molar refractivity (Wildman–Crippen MR) is 165 cm³/mol. The first-order valence-corrected chi connectivity index (χ1v) is 14.4. The molecule has 1 fully saturated rings. The number of para-hydroxylation sites is 1. The monoisotopic (exact) mass is 672 g/mol. The molecule has 40 heavy (non-hydrogen) atoms. The van der Waals surface area contributed by atoms with Crippen molar-refractivity contribution in [3.63, 3.8) is 0 Å². The van der Waals surface area contributed by atoms with Gasteiger partial charge in [-0.05, 0) is 55.8 Å². The normalized spacial score (nSPS) is 16.3. The number of carbonyl (C=O) groups is 1. The van der Waals surface area contributed by atoms with Crippen LogP contribution in [0.1, 0.15) is 23.3 Å². The largest absolute Gasteiger partial charge is 0.507 e. The van der Waals surface area contributed by atoms with Crippen LogP contribution in [0.15, 0.2) is 72.0 Å². The van der Waals surface area contributed by atoms with Crippen LogP contribution in [0.5, 0.6) is 5.75 Å². The average molecular weight is 673 g/mol. The molecule has 2 atom stereocenters. The van der Waals surface area contributed by atoms with Gasteiger partial charge in [0.2, 0.25) is 5.91 Å². The highest BCUT2D eigenvalue weighted by atomic mass is 127. The molecule has 0 bridgehead atoms. The lowest BCUT2D eigenvalue weighted by atomic mass is 10.0. The zero-order valence-electron chi connectivity index (χ0n) is 21.9. The van der Waals surface area contributed by atoms with Crippen LogP contribution in [0.4, 0.5) is 10.2 Å². The van der Waals surface area contributed by atoms with Gasteiger partial charge < -0.3 is 14.9 Å². The molecule has 1 amide bonds. The van der Waals surface area contributed by atoms with Gasteiger partial charge in [0.25, 0.3) is 0 Å². The van der Waals surface area contributed by atoms with E-state index >= 15 is 0 Å². The van der Waals surface area contributed by atoms with Gasteiger partial charge in [-0.1, -0.05) is 65.0 Å². The Morgan fingerprint density at radius 1 is 1.23 bits per heavy atom. The van der Waals surface area contributed by atoms with Crippen LogP contribution in [0, 0.1) is 5.82 Å². The molecule has 206 valence electrons. The lowest BCUT2D eigenvalue weighted by molar-refractivity contribution is -0.126. The van der Waals surface area contributed by atoms with E-state index in [1.54, 1.807) is 17.0 Å². The maximum absolute atomic E-state index is 15.0. The Balaban J connectivity index is 1.80. The van der Waals surface area contributed by atoms with E-state index in [1.165, 1.54) is 28.8 Å². The molecule has 2 heterocycles. The molecule has 0 saturated carbocycles. The van der Waals surface area contributed by atoms with Crippen molar-refractivity contribution >= 4 is 56.8 Å². The summed E-state index contributed by atoms with van der Waals surface area (Å²) in [6.07, 6.45) is 1.29. The Morgan fingerprint density at radius 3 is 2.65 bits per heavy atom. The van der Waals surface area contributed by atoms with Crippen LogP contribution in [-0.2, 0) is 4.79 Å². The summed E-state index contributed by atoms with van der Waals surface area (Å²) in [5, 5.41) is 11.3. The fraction of sp³-hybridized carbons (Fsp3) is 0.233. The summed E-state index contributed by atoms with van der Waals surface area (Å²) in [6, 6.07) is 14.8. The molecule has 3 aromatic carbocycles. The summed E-state index contributed by atoms with van der Waals surface area (Å²) < 4.78 is 16.6.